The molecule has 1 unspecified atom stereocenters. The number of nitrogens with zero attached hydrogens (tertiary/aromatic N) is 3. The molecule has 2 fully saturated rings. The maximum Gasteiger partial charge on any atom is 0.249 e. The molecule has 7 heteroatoms. The second kappa shape index (κ2) is 6.16. The predicted molar refractivity (Wildman–Crippen MR) is 91.6 cm³/mol. The van der Waals surface area contributed by atoms with Gasteiger partial charge in [-0.2, -0.15) is 4.98 Å². The number of benzene rings is 1. The van der Waals surface area contributed by atoms with Gasteiger partial charge in [-0.15, -0.1) is 0 Å². The average Bonchev–Trinajstić information content (AvgIpc) is 3.08. The minimum absolute atomic E-state index is 0.0451. The number of carbonyl (C=O) groups is 1. The maximum absolute atomic E-state index is 12.7. The molecule has 5 rings (SSSR count). The zero-order valence-corrected chi connectivity index (χ0v) is 14.3. The van der Waals surface area contributed by atoms with E-state index in [1.165, 1.54) is 0 Å². The monoisotopic (exact) mass is 353 g/mol. The van der Waals surface area contributed by atoms with Gasteiger partial charge in [-0.25, -0.2) is 0 Å². The van der Waals surface area contributed by atoms with Gasteiger partial charge < -0.3 is 18.9 Å². The SMILES string of the molecule is O=C(/C=C/c1ccc2c(c1)OCO2)N1CCCC1c1nc(C2CC2)no1. The summed E-state index contributed by atoms with van der Waals surface area (Å²) >= 11 is 0. The van der Waals surface area contributed by atoms with Crippen molar-refractivity contribution in [2.24, 2.45) is 0 Å². The summed E-state index contributed by atoms with van der Waals surface area (Å²) in [7, 11) is 0. The summed E-state index contributed by atoms with van der Waals surface area (Å²) in [5, 5.41) is 4.08. The predicted octanol–water partition coefficient (Wildman–Crippen LogP) is 3.05. The average molecular weight is 353 g/mol. The van der Waals surface area contributed by atoms with E-state index in [4.69, 9.17) is 14.0 Å². The number of carbonyl (C=O) groups excluding carboxylic acids is 1. The van der Waals surface area contributed by atoms with Crippen LogP contribution in [-0.2, 0) is 4.79 Å². The van der Waals surface area contributed by atoms with E-state index in [1.54, 1.807) is 12.2 Å². The van der Waals surface area contributed by atoms with Crippen LogP contribution in [0.1, 0.15) is 54.9 Å². The van der Waals surface area contributed by atoms with E-state index in [0.29, 0.717) is 24.1 Å². The molecule has 7 nitrogen and oxygen atoms in total. The first kappa shape index (κ1) is 15.4. The molecule has 2 aliphatic heterocycles. The first-order valence-electron chi connectivity index (χ1n) is 9.00. The molecule has 1 aromatic carbocycles. The van der Waals surface area contributed by atoms with Crippen molar-refractivity contribution >= 4 is 12.0 Å². The van der Waals surface area contributed by atoms with Crippen molar-refractivity contribution in [1.29, 1.82) is 0 Å². The number of aromatic nitrogens is 2. The Morgan fingerprint density at radius 1 is 1.19 bits per heavy atom. The van der Waals surface area contributed by atoms with E-state index < -0.39 is 0 Å². The topological polar surface area (TPSA) is 77.7 Å². The number of rotatable bonds is 4. The van der Waals surface area contributed by atoms with E-state index >= 15 is 0 Å². The number of hydrogen-bond acceptors (Lipinski definition) is 6. The third-order valence-corrected chi connectivity index (χ3v) is 5.04. The lowest BCUT2D eigenvalue weighted by Crippen LogP contribution is -2.29. The van der Waals surface area contributed by atoms with Crippen LogP contribution in [0.5, 0.6) is 11.5 Å². The Morgan fingerprint density at radius 2 is 2.08 bits per heavy atom. The highest BCUT2D eigenvalue weighted by atomic mass is 16.7. The Hall–Kier alpha value is -2.83. The molecule has 3 heterocycles. The second-order valence-corrected chi connectivity index (χ2v) is 6.90. The van der Waals surface area contributed by atoms with Crippen molar-refractivity contribution in [1.82, 2.24) is 15.0 Å². The van der Waals surface area contributed by atoms with E-state index in [9.17, 15) is 4.79 Å². The Kier molecular flexibility index (Phi) is 3.65. The van der Waals surface area contributed by atoms with Gasteiger partial charge in [-0.3, -0.25) is 4.79 Å². The zero-order valence-electron chi connectivity index (χ0n) is 14.3. The van der Waals surface area contributed by atoms with Gasteiger partial charge in [0.25, 0.3) is 0 Å². The molecular formula is C19H19N3O4. The smallest absolute Gasteiger partial charge is 0.249 e. The summed E-state index contributed by atoms with van der Waals surface area (Å²) in [6, 6.07) is 5.50. The van der Waals surface area contributed by atoms with Crippen LogP contribution < -0.4 is 9.47 Å². The standard InChI is InChI=1S/C19H19N3O4/c23-17(8-4-12-3-7-15-16(10-12)25-11-24-15)22-9-1-2-14(22)19-20-18(21-26-19)13-5-6-13/h3-4,7-8,10,13-14H,1-2,5-6,9,11H2/b8-4+. The molecule has 1 atom stereocenters. The lowest BCUT2D eigenvalue weighted by molar-refractivity contribution is -0.127. The largest absolute Gasteiger partial charge is 0.454 e. The van der Waals surface area contributed by atoms with Gasteiger partial charge >= 0.3 is 0 Å². The Bertz CT molecular complexity index is 871. The lowest BCUT2D eigenvalue weighted by atomic mass is 10.2. The van der Waals surface area contributed by atoms with Crippen LogP contribution in [-0.4, -0.2) is 34.3 Å². The van der Waals surface area contributed by atoms with Crippen molar-refractivity contribution in [3.05, 3.63) is 41.6 Å². The number of amides is 1. The van der Waals surface area contributed by atoms with E-state index in [-0.39, 0.29) is 18.7 Å². The molecule has 2 aromatic rings. The fourth-order valence-corrected chi connectivity index (χ4v) is 3.46. The van der Waals surface area contributed by atoms with Gasteiger partial charge in [0.05, 0.1) is 0 Å². The molecule has 26 heavy (non-hydrogen) atoms. The van der Waals surface area contributed by atoms with E-state index in [0.717, 1.165) is 42.8 Å². The molecule has 0 N–H and O–H groups in total. The summed E-state index contributed by atoms with van der Waals surface area (Å²) in [5.74, 6) is 3.19. The van der Waals surface area contributed by atoms with Crippen LogP contribution in [0.15, 0.2) is 28.8 Å². The zero-order chi connectivity index (χ0) is 17.5. The molecular weight excluding hydrogens is 334 g/mol. The van der Waals surface area contributed by atoms with Gasteiger partial charge in [0.15, 0.2) is 17.3 Å². The van der Waals surface area contributed by atoms with Crippen LogP contribution in [0.2, 0.25) is 0 Å². The summed E-state index contributed by atoms with van der Waals surface area (Å²) in [6.45, 7) is 0.944. The number of fused-ring (bicyclic) bond motifs is 1. The Morgan fingerprint density at radius 3 is 2.96 bits per heavy atom. The normalized spacial score (nSPS) is 21.7. The number of ether oxygens (including phenoxy) is 2. The minimum Gasteiger partial charge on any atom is -0.454 e. The van der Waals surface area contributed by atoms with Gasteiger partial charge in [0.2, 0.25) is 18.6 Å². The molecule has 1 aromatic heterocycles. The molecule has 1 amide bonds. The van der Waals surface area contributed by atoms with Crippen molar-refractivity contribution in [2.75, 3.05) is 13.3 Å². The molecule has 0 spiro atoms. The third-order valence-electron chi connectivity index (χ3n) is 5.04. The third kappa shape index (κ3) is 2.83. The first-order chi connectivity index (χ1) is 12.8. The van der Waals surface area contributed by atoms with Crippen LogP contribution in [0.4, 0.5) is 0 Å². The van der Waals surface area contributed by atoms with Crippen LogP contribution in [0.3, 0.4) is 0 Å². The highest BCUT2D eigenvalue weighted by Crippen LogP contribution is 2.40. The highest BCUT2D eigenvalue weighted by Gasteiger charge is 2.35. The number of hydrogen-bond donors (Lipinski definition) is 0. The molecule has 134 valence electrons. The summed E-state index contributed by atoms with van der Waals surface area (Å²) in [6.07, 6.45) is 7.44. The van der Waals surface area contributed by atoms with E-state index in [1.807, 2.05) is 23.1 Å². The van der Waals surface area contributed by atoms with Crippen LogP contribution >= 0.6 is 0 Å². The van der Waals surface area contributed by atoms with E-state index in [2.05, 4.69) is 10.1 Å². The van der Waals surface area contributed by atoms with Crippen LogP contribution in [0, 0.1) is 0 Å². The molecule has 0 radical (unpaired) electrons. The maximum atomic E-state index is 12.7. The van der Waals surface area contributed by atoms with Crippen molar-refractivity contribution in [3.63, 3.8) is 0 Å². The van der Waals surface area contributed by atoms with Crippen molar-refractivity contribution in [2.45, 2.75) is 37.6 Å². The van der Waals surface area contributed by atoms with Crippen molar-refractivity contribution < 1.29 is 18.8 Å². The van der Waals surface area contributed by atoms with Gasteiger partial charge in [0, 0.05) is 18.5 Å². The van der Waals surface area contributed by atoms with Gasteiger partial charge in [-0.1, -0.05) is 11.2 Å². The molecule has 3 aliphatic rings. The molecule has 0 bridgehead atoms. The molecule has 1 aliphatic carbocycles. The fourth-order valence-electron chi connectivity index (χ4n) is 3.46. The number of likely N-dealkylation sites (tertiary alicyclic amines) is 1. The lowest BCUT2D eigenvalue weighted by Gasteiger charge is -2.20. The summed E-state index contributed by atoms with van der Waals surface area (Å²) in [4.78, 5) is 19.0. The molecule has 1 saturated heterocycles. The van der Waals surface area contributed by atoms with Gasteiger partial charge in [0.1, 0.15) is 6.04 Å². The van der Waals surface area contributed by atoms with Gasteiger partial charge in [-0.05, 0) is 49.5 Å². The summed E-state index contributed by atoms with van der Waals surface area (Å²) in [5.41, 5.74) is 0.896. The quantitative estimate of drug-likeness (QED) is 0.786. The summed E-state index contributed by atoms with van der Waals surface area (Å²) < 4.78 is 16.1. The fraction of sp³-hybridized carbons (Fsp3) is 0.421. The van der Waals surface area contributed by atoms with Crippen LogP contribution in [0.25, 0.3) is 6.08 Å². The second-order valence-electron chi connectivity index (χ2n) is 6.90. The first-order valence-corrected chi connectivity index (χ1v) is 9.00. The minimum atomic E-state index is -0.121. The highest BCUT2D eigenvalue weighted by molar-refractivity contribution is 5.92. The Balaban J connectivity index is 1.30. The Labute approximate surface area is 150 Å². The van der Waals surface area contributed by atoms with Crippen molar-refractivity contribution in [3.8, 4) is 11.5 Å². The molecule has 1 saturated carbocycles.